The van der Waals surface area contributed by atoms with E-state index in [2.05, 4.69) is 0 Å². The van der Waals surface area contributed by atoms with E-state index in [0.717, 1.165) is 5.56 Å². The van der Waals surface area contributed by atoms with Crippen LogP contribution in [0.3, 0.4) is 0 Å². The molecule has 0 bridgehead atoms. The Kier molecular flexibility index (Phi) is 5.29. The summed E-state index contributed by atoms with van der Waals surface area (Å²) < 4.78 is 15.3. The molecule has 0 saturated carbocycles. The highest BCUT2D eigenvalue weighted by Crippen LogP contribution is 2.28. The van der Waals surface area contributed by atoms with Crippen molar-refractivity contribution in [1.29, 1.82) is 0 Å². The minimum atomic E-state index is -0.816. The second kappa shape index (κ2) is 6.75. The van der Waals surface area contributed by atoms with Crippen LogP contribution >= 0.6 is 0 Å². The summed E-state index contributed by atoms with van der Waals surface area (Å²) in [4.78, 5) is 10.5. The molecule has 0 aliphatic carbocycles. The van der Waals surface area contributed by atoms with Crippen molar-refractivity contribution in [3.63, 3.8) is 0 Å². The van der Waals surface area contributed by atoms with E-state index in [1.54, 1.807) is 12.1 Å². The first-order valence-electron chi connectivity index (χ1n) is 5.17. The lowest BCUT2D eigenvalue weighted by molar-refractivity contribution is -0.136. The zero-order valence-corrected chi connectivity index (χ0v) is 9.93. The molecule has 1 aromatic carbocycles. The Labute approximate surface area is 99.9 Å². The van der Waals surface area contributed by atoms with E-state index in [-0.39, 0.29) is 13.2 Å². The van der Waals surface area contributed by atoms with Crippen LogP contribution in [0, 0.1) is 0 Å². The van der Waals surface area contributed by atoms with Crippen molar-refractivity contribution in [2.75, 3.05) is 21.0 Å². The fourth-order valence-corrected chi connectivity index (χ4v) is 1.36. The van der Waals surface area contributed by atoms with Crippen molar-refractivity contribution in [2.45, 2.75) is 12.8 Å². The minimum absolute atomic E-state index is 0.0986. The lowest BCUT2D eigenvalue weighted by Gasteiger charge is -2.11. The number of aryl methyl sites for hydroxylation is 1. The number of ether oxygens (including phenoxy) is 3. The normalized spacial score (nSPS) is 10.0. The van der Waals surface area contributed by atoms with Gasteiger partial charge in [0.15, 0.2) is 18.3 Å². The molecule has 0 atom stereocenters. The molecule has 5 heteroatoms. The van der Waals surface area contributed by atoms with Crippen LogP contribution in [0.4, 0.5) is 0 Å². The predicted octanol–water partition coefficient (Wildman–Crippen LogP) is 1.70. The van der Waals surface area contributed by atoms with Gasteiger partial charge in [-0.3, -0.25) is 4.79 Å². The van der Waals surface area contributed by atoms with Crippen molar-refractivity contribution in [1.82, 2.24) is 0 Å². The smallest absolute Gasteiger partial charge is 0.303 e. The molecule has 0 aliphatic heterocycles. The molecule has 0 amide bonds. The van der Waals surface area contributed by atoms with Gasteiger partial charge in [-0.15, -0.1) is 0 Å². The largest absolute Gasteiger partial charge is 0.493 e. The fourth-order valence-electron chi connectivity index (χ4n) is 1.36. The highest BCUT2D eigenvalue weighted by molar-refractivity contribution is 5.67. The van der Waals surface area contributed by atoms with Crippen molar-refractivity contribution in [3.8, 4) is 11.5 Å². The molecular formula is C12H16O5. The molecule has 0 saturated heterocycles. The molecule has 5 nitrogen and oxygen atoms in total. The summed E-state index contributed by atoms with van der Waals surface area (Å²) in [6.07, 6.45) is 0.567. The average Bonchev–Trinajstić information content (AvgIpc) is 2.34. The number of hydrogen-bond acceptors (Lipinski definition) is 4. The Morgan fingerprint density at radius 1 is 1.29 bits per heavy atom. The van der Waals surface area contributed by atoms with Gasteiger partial charge in [-0.25, -0.2) is 0 Å². The van der Waals surface area contributed by atoms with E-state index in [4.69, 9.17) is 19.3 Å². The summed E-state index contributed by atoms with van der Waals surface area (Å²) in [6, 6.07) is 5.33. The van der Waals surface area contributed by atoms with Crippen LogP contribution in [0.2, 0.25) is 0 Å². The molecule has 1 rings (SSSR count). The molecule has 0 spiro atoms. The van der Waals surface area contributed by atoms with Crippen LogP contribution in [0.5, 0.6) is 11.5 Å². The predicted molar refractivity (Wildman–Crippen MR) is 61.5 cm³/mol. The maximum atomic E-state index is 10.5. The number of methoxy groups -OCH3 is 2. The molecule has 0 radical (unpaired) electrons. The summed E-state index contributed by atoms with van der Waals surface area (Å²) >= 11 is 0. The summed E-state index contributed by atoms with van der Waals surface area (Å²) in [6.45, 7) is 0.144. The van der Waals surface area contributed by atoms with Gasteiger partial charge < -0.3 is 19.3 Å². The molecule has 1 aromatic rings. The van der Waals surface area contributed by atoms with Crippen LogP contribution in [0.15, 0.2) is 18.2 Å². The number of carboxylic acid groups (broad SMARTS) is 1. The highest BCUT2D eigenvalue weighted by atomic mass is 16.7. The van der Waals surface area contributed by atoms with Crippen LogP contribution in [-0.2, 0) is 16.0 Å². The van der Waals surface area contributed by atoms with Gasteiger partial charge >= 0.3 is 5.97 Å². The Balaban J connectivity index is 2.73. The number of aliphatic carboxylic acids is 1. The Morgan fingerprint density at radius 3 is 2.65 bits per heavy atom. The monoisotopic (exact) mass is 240 g/mol. The second-order valence-electron chi connectivity index (χ2n) is 3.43. The molecular weight excluding hydrogens is 224 g/mol. The number of carbonyl (C=O) groups is 1. The summed E-state index contributed by atoms with van der Waals surface area (Å²) in [5.41, 5.74) is 0.897. The maximum Gasteiger partial charge on any atom is 0.303 e. The maximum absolute atomic E-state index is 10.5. The van der Waals surface area contributed by atoms with Crippen LogP contribution in [0.1, 0.15) is 12.0 Å². The summed E-state index contributed by atoms with van der Waals surface area (Å²) in [5, 5.41) is 8.60. The molecule has 94 valence electrons. The third kappa shape index (κ3) is 4.32. The quantitative estimate of drug-likeness (QED) is 0.735. The lowest BCUT2D eigenvalue weighted by atomic mass is 10.1. The molecule has 0 heterocycles. The lowest BCUT2D eigenvalue weighted by Crippen LogP contribution is -2.02. The van der Waals surface area contributed by atoms with Gasteiger partial charge in [0.05, 0.1) is 7.11 Å². The van der Waals surface area contributed by atoms with E-state index in [9.17, 15) is 4.79 Å². The van der Waals surface area contributed by atoms with Gasteiger partial charge in [0.25, 0.3) is 0 Å². The van der Waals surface area contributed by atoms with E-state index < -0.39 is 5.97 Å². The first-order valence-corrected chi connectivity index (χ1v) is 5.17. The first-order chi connectivity index (χ1) is 8.17. The standard InChI is InChI=1S/C12H16O5/c1-15-8-17-10-5-3-9(4-6-12(13)14)7-11(10)16-2/h3,5,7H,4,6,8H2,1-2H3,(H,13,14). The molecule has 0 fully saturated rings. The van der Waals surface area contributed by atoms with Crippen molar-refractivity contribution < 1.29 is 24.1 Å². The fraction of sp³-hybridized carbons (Fsp3) is 0.417. The zero-order chi connectivity index (χ0) is 12.7. The van der Waals surface area contributed by atoms with Crippen LogP contribution in [-0.4, -0.2) is 32.1 Å². The van der Waals surface area contributed by atoms with E-state index in [1.807, 2.05) is 6.07 Å². The van der Waals surface area contributed by atoms with Gasteiger partial charge in [-0.1, -0.05) is 6.07 Å². The average molecular weight is 240 g/mol. The van der Waals surface area contributed by atoms with Crippen molar-refractivity contribution in [2.24, 2.45) is 0 Å². The highest BCUT2D eigenvalue weighted by Gasteiger charge is 2.06. The summed E-state index contributed by atoms with van der Waals surface area (Å²) in [7, 11) is 3.07. The van der Waals surface area contributed by atoms with Crippen LogP contribution < -0.4 is 9.47 Å². The molecule has 0 aliphatic rings. The van der Waals surface area contributed by atoms with Crippen molar-refractivity contribution in [3.05, 3.63) is 23.8 Å². The van der Waals surface area contributed by atoms with Crippen molar-refractivity contribution >= 4 is 5.97 Å². The van der Waals surface area contributed by atoms with Gasteiger partial charge in [0.2, 0.25) is 0 Å². The molecule has 17 heavy (non-hydrogen) atoms. The van der Waals surface area contributed by atoms with E-state index >= 15 is 0 Å². The number of benzene rings is 1. The summed E-state index contributed by atoms with van der Waals surface area (Å²) in [5.74, 6) is 0.335. The van der Waals surface area contributed by atoms with Gasteiger partial charge in [0, 0.05) is 13.5 Å². The number of carboxylic acids is 1. The molecule has 0 unspecified atom stereocenters. The number of hydrogen-bond donors (Lipinski definition) is 1. The third-order valence-electron chi connectivity index (χ3n) is 2.19. The minimum Gasteiger partial charge on any atom is -0.493 e. The van der Waals surface area contributed by atoms with E-state index in [1.165, 1.54) is 14.2 Å². The Morgan fingerprint density at radius 2 is 2.06 bits per heavy atom. The zero-order valence-electron chi connectivity index (χ0n) is 9.93. The molecule has 1 N–H and O–H groups in total. The van der Waals surface area contributed by atoms with Crippen LogP contribution in [0.25, 0.3) is 0 Å². The Bertz CT molecular complexity index is 375. The first kappa shape index (κ1) is 13.3. The topological polar surface area (TPSA) is 65.0 Å². The molecule has 0 aromatic heterocycles. The Hall–Kier alpha value is -1.75. The second-order valence-corrected chi connectivity index (χ2v) is 3.43. The van der Waals surface area contributed by atoms with Gasteiger partial charge in [0.1, 0.15) is 0 Å². The van der Waals surface area contributed by atoms with Gasteiger partial charge in [-0.2, -0.15) is 0 Å². The third-order valence-corrected chi connectivity index (χ3v) is 2.19. The van der Waals surface area contributed by atoms with E-state index in [0.29, 0.717) is 17.9 Å². The SMILES string of the molecule is COCOc1ccc(CCC(=O)O)cc1OC. The van der Waals surface area contributed by atoms with Gasteiger partial charge in [-0.05, 0) is 24.1 Å². The number of rotatable bonds is 7.